The first-order valence-electron chi connectivity index (χ1n) is 5.96. The van der Waals surface area contributed by atoms with E-state index in [0.29, 0.717) is 0 Å². The molecule has 0 aromatic carbocycles. The molecule has 126 valence electrons. The van der Waals surface area contributed by atoms with Crippen molar-refractivity contribution in [2.45, 2.75) is 47.8 Å². The lowest BCUT2D eigenvalue weighted by Gasteiger charge is -2.31. The monoisotopic (exact) mass is 364 g/mol. The Labute approximate surface area is 123 Å². The maximum Gasteiger partial charge on any atom is 0.465 e. The molecular weight excluding hydrogens is 354 g/mol. The lowest BCUT2D eigenvalue weighted by atomic mass is 9.83. The largest absolute Gasteiger partial charge is 0.465 e. The van der Waals surface area contributed by atoms with Crippen LogP contribution in [-0.2, 0) is 38.7 Å². The van der Waals surface area contributed by atoms with Gasteiger partial charge in [-0.25, -0.2) is 4.79 Å². The highest BCUT2D eigenvalue weighted by Crippen LogP contribution is 2.54. The van der Waals surface area contributed by atoms with Crippen molar-refractivity contribution >= 4 is 26.2 Å². The maximum absolute atomic E-state index is 13.2. The number of esters is 1. The van der Waals surface area contributed by atoms with Crippen molar-refractivity contribution in [3.63, 3.8) is 0 Å². The van der Waals surface area contributed by atoms with Gasteiger partial charge in [-0.2, -0.15) is 25.6 Å². The van der Waals surface area contributed by atoms with E-state index in [0.717, 1.165) is 0 Å². The minimum absolute atomic E-state index is 0.127. The average molecular weight is 364 g/mol. The third kappa shape index (κ3) is 1.86. The van der Waals surface area contributed by atoms with Crippen molar-refractivity contribution < 1.29 is 48.6 Å². The van der Waals surface area contributed by atoms with Gasteiger partial charge < -0.3 is 9.47 Å². The van der Waals surface area contributed by atoms with Crippen LogP contribution in [0.5, 0.6) is 0 Å². The summed E-state index contributed by atoms with van der Waals surface area (Å²) in [6, 6.07) is 0. The van der Waals surface area contributed by atoms with Crippen LogP contribution in [-0.4, -0.2) is 61.8 Å². The molecule has 22 heavy (non-hydrogen) atoms. The van der Waals surface area contributed by atoms with Crippen LogP contribution in [0.3, 0.4) is 0 Å². The molecule has 1 N–H and O–H groups in total. The van der Waals surface area contributed by atoms with Gasteiger partial charge in [0.25, 0.3) is 10.1 Å². The molecule has 3 heterocycles. The number of rotatable bonds is 3. The molecule has 0 aromatic heterocycles. The summed E-state index contributed by atoms with van der Waals surface area (Å²) in [4.78, 5) is 11.4. The van der Waals surface area contributed by atoms with Crippen LogP contribution in [0.1, 0.15) is 13.3 Å². The zero-order valence-corrected chi connectivity index (χ0v) is 12.4. The number of carbonyl (C=O) groups is 1. The molecule has 0 amide bonds. The van der Waals surface area contributed by atoms with Crippen molar-refractivity contribution in [2.24, 2.45) is 0 Å². The van der Waals surface area contributed by atoms with Crippen molar-refractivity contribution in [3.8, 4) is 0 Å². The Hall–Kier alpha value is -0.890. The summed E-state index contributed by atoms with van der Waals surface area (Å²) in [6.07, 6.45) is -3.68. The molecule has 13 heteroatoms. The van der Waals surface area contributed by atoms with Gasteiger partial charge in [-0.15, -0.1) is 0 Å². The number of carbonyl (C=O) groups excluding carboxylic acids is 1. The fourth-order valence-corrected chi connectivity index (χ4v) is 5.21. The van der Waals surface area contributed by atoms with E-state index in [1.165, 1.54) is 6.92 Å². The second-order valence-electron chi connectivity index (χ2n) is 5.45. The van der Waals surface area contributed by atoms with E-state index >= 15 is 0 Å². The topological polar surface area (TPSA) is 133 Å². The highest BCUT2D eigenvalue weighted by atomic mass is 32.2. The van der Waals surface area contributed by atoms with Crippen molar-refractivity contribution in [1.29, 1.82) is 0 Å². The highest BCUT2D eigenvalue weighted by molar-refractivity contribution is 7.88. The zero-order chi connectivity index (χ0) is 16.7. The van der Waals surface area contributed by atoms with E-state index < -0.39 is 60.6 Å². The molecule has 0 radical (unpaired) electrons. The third-order valence-electron chi connectivity index (χ3n) is 4.05. The van der Waals surface area contributed by atoms with Crippen LogP contribution in [0.25, 0.3) is 0 Å². The SMILES string of the molecule is CC12OS(=O)(=O)C3CC(OC31)C2OC(=O)C(F)(F)S(=O)(=O)O. The van der Waals surface area contributed by atoms with E-state index in [-0.39, 0.29) is 6.42 Å². The van der Waals surface area contributed by atoms with Gasteiger partial charge >= 0.3 is 21.3 Å². The van der Waals surface area contributed by atoms with E-state index in [4.69, 9.17) is 13.5 Å². The molecular formula is C9H10F2O9S2. The number of ether oxygens (including phenoxy) is 2. The molecule has 3 aliphatic rings. The molecule has 3 aliphatic heterocycles. The number of hydrogen-bond acceptors (Lipinski definition) is 8. The Balaban J connectivity index is 1.89. The molecule has 0 aliphatic carbocycles. The quantitative estimate of drug-likeness (QED) is 0.382. The predicted molar refractivity (Wildman–Crippen MR) is 61.9 cm³/mol. The molecule has 5 unspecified atom stereocenters. The molecule has 0 saturated carbocycles. The molecule has 9 nitrogen and oxygen atoms in total. The molecule has 3 saturated heterocycles. The van der Waals surface area contributed by atoms with Gasteiger partial charge in [0, 0.05) is 0 Å². The van der Waals surface area contributed by atoms with Crippen LogP contribution in [0.4, 0.5) is 8.78 Å². The van der Waals surface area contributed by atoms with E-state index in [9.17, 15) is 30.4 Å². The van der Waals surface area contributed by atoms with Crippen LogP contribution in [0.15, 0.2) is 0 Å². The number of fused-ring (bicyclic) bond motifs is 1. The first-order valence-corrected chi connectivity index (χ1v) is 8.88. The normalized spacial score (nSPS) is 42.5. The maximum atomic E-state index is 13.2. The van der Waals surface area contributed by atoms with Gasteiger partial charge in [-0.05, 0) is 13.3 Å². The summed E-state index contributed by atoms with van der Waals surface area (Å²) >= 11 is 0. The Morgan fingerprint density at radius 2 is 2.05 bits per heavy atom. The fourth-order valence-electron chi connectivity index (χ4n) is 3.07. The van der Waals surface area contributed by atoms with Crippen LogP contribution in [0, 0.1) is 0 Å². The number of hydrogen-bond donors (Lipinski definition) is 1. The van der Waals surface area contributed by atoms with Gasteiger partial charge in [0.1, 0.15) is 11.4 Å². The predicted octanol–water partition coefficient (Wildman–Crippen LogP) is -0.963. The molecule has 3 rings (SSSR count). The van der Waals surface area contributed by atoms with Gasteiger partial charge in [-0.1, -0.05) is 0 Å². The molecule has 2 bridgehead atoms. The Morgan fingerprint density at radius 3 is 2.59 bits per heavy atom. The van der Waals surface area contributed by atoms with Crippen molar-refractivity contribution in [3.05, 3.63) is 0 Å². The first kappa shape index (κ1) is 16.0. The van der Waals surface area contributed by atoms with Gasteiger partial charge in [0.15, 0.2) is 11.7 Å². The summed E-state index contributed by atoms with van der Waals surface area (Å²) in [6.45, 7) is 1.21. The average Bonchev–Trinajstić information content (AvgIpc) is 2.90. The molecule has 5 atom stereocenters. The van der Waals surface area contributed by atoms with Crippen molar-refractivity contribution in [1.82, 2.24) is 0 Å². The minimum atomic E-state index is -6.02. The minimum Gasteiger partial charge on any atom is -0.451 e. The van der Waals surface area contributed by atoms with Crippen LogP contribution < -0.4 is 0 Å². The Kier molecular flexibility index (Phi) is 3.01. The lowest BCUT2D eigenvalue weighted by Crippen LogP contribution is -2.53. The van der Waals surface area contributed by atoms with E-state index in [1.807, 2.05) is 0 Å². The highest BCUT2D eigenvalue weighted by Gasteiger charge is 2.74. The van der Waals surface area contributed by atoms with Gasteiger partial charge in [0.2, 0.25) is 0 Å². The molecule has 0 aromatic rings. The van der Waals surface area contributed by atoms with Crippen LogP contribution in [0.2, 0.25) is 0 Å². The molecule has 0 spiro atoms. The standard InChI is InChI=1S/C9H10F2O9S2/c1-8-5(19-7(12)9(10,11)22(15,16)17)3-2-4(6(8)18-3)21(13,14)20-8/h3-6H,2H2,1H3,(H,15,16,17). The second-order valence-corrected chi connectivity index (χ2v) is 8.67. The van der Waals surface area contributed by atoms with E-state index in [1.54, 1.807) is 0 Å². The summed E-state index contributed by atoms with van der Waals surface area (Å²) < 4.78 is 93.9. The lowest BCUT2D eigenvalue weighted by molar-refractivity contribution is -0.177. The zero-order valence-electron chi connectivity index (χ0n) is 10.8. The number of alkyl halides is 2. The van der Waals surface area contributed by atoms with E-state index in [2.05, 4.69) is 4.74 Å². The third-order valence-corrected chi connectivity index (χ3v) is 6.64. The smallest absolute Gasteiger partial charge is 0.451 e. The second kappa shape index (κ2) is 4.14. The summed E-state index contributed by atoms with van der Waals surface area (Å²) in [5, 5.41) is -6.17. The van der Waals surface area contributed by atoms with Crippen LogP contribution >= 0.6 is 0 Å². The molecule has 3 fully saturated rings. The fraction of sp³-hybridized carbons (Fsp3) is 0.889. The summed E-state index contributed by atoms with van der Waals surface area (Å²) in [5.41, 5.74) is -1.71. The summed E-state index contributed by atoms with van der Waals surface area (Å²) in [7, 11) is -10.0. The van der Waals surface area contributed by atoms with Gasteiger partial charge in [0.05, 0.1) is 6.10 Å². The number of halogens is 2. The van der Waals surface area contributed by atoms with Crippen molar-refractivity contribution in [2.75, 3.05) is 0 Å². The Bertz CT molecular complexity index is 745. The summed E-state index contributed by atoms with van der Waals surface area (Å²) in [5.74, 6) is -2.53. The van der Waals surface area contributed by atoms with Gasteiger partial charge in [-0.3, -0.25) is 8.74 Å². The Morgan fingerprint density at radius 1 is 1.45 bits per heavy atom. The first-order chi connectivity index (χ1) is 9.81.